The molecule has 1 saturated heterocycles. The van der Waals surface area contributed by atoms with Gasteiger partial charge in [-0.25, -0.2) is 4.79 Å². The lowest BCUT2D eigenvalue weighted by molar-refractivity contribution is 0.0105. The van der Waals surface area contributed by atoms with Crippen LogP contribution >= 0.6 is 15.9 Å². The summed E-state index contributed by atoms with van der Waals surface area (Å²) in [6.45, 7) is 6.70. The number of carbonyl (C=O) groups excluding carboxylic acids is 1. The van der Waals surface area contributed by atoms with E-state index in [9.17, 15) is 4.79 Å². The van der Waals surface area contributed by atoms with Gasteiger partial charge in [0.05, 0.1) is 17.3 Å². The number of nitriles is 1. The van der Waals surface area contributed by atoms with Crippen molar-refractivity contribution in [1.29, 1.82) is 5.26 Å². The first-order valence-electron chi connectivity index (χ1n) is 6.72. The van der Waals surface area contributed by atoms with Gasteiger partial charge in [-0.3, -0.25) is 0 Å². The molecule has 0 bridgehead atoms. The standard InChI is InChI=1S/C15H18BrN3O2/c1-15(2,3)21-14(20)19-8-12(9-19)18-13-5-4-11(16)6-10(13)7-17/h4-6,12,18H,8-9H2,1-3H3. The fourth-order valence-corrected chi connectivity index (χ4v) is 2.36. The summed E-state index contributed by atoms with van der Waals surface area (Å²) in [4.78, 5) is 13.5. The van der Waals surface area contributed by atoms with Gasteiger partial charge in [-0.1, -0.05) is 15.9 Å². The number of rotatable bonds is 2. The van der Waals surface area contributed by atoms with Crippen LogP contribution in [-0.4, -0.2) is 35.7 Å². The smallest absolute Gasteiger partial charge is 0.410 e. The highest BCUT2D eigenvalue weighted by atomic mass is 79.9. The van der Waals surface area contributed by atoms with Crippen LogP contribution in [0.3, 0.4) is 0 Å². The Morgan fingerprint density at radius 1 is 1.48 bits per heavy atom. The molecule has 0 radical (unpaired) electrons. The summed E-state index contributed by atoms with van der Waals surface area (Å²) in [7, 11) is 0. The van der Waals surface area contributed by atoms with E-state index in [1.807, 2.05) is 32.9 Å². The van der Waals surface area contributed by atoms with Crippen LogP contribution in [0.25, 0.3) is 0 Å². The van der Waals surface area contributed by atoms with Crippen LogP contribution in [0.4, 0.5) is 10.5 Å². The highest BCUT2D eigenvalue weighted by Gasteiger charge is 2.33. The van der Waals surface area contributed by atoms with Crippen LogP contribution in [0.15, 0.2) is 22.7 Å². The number of hydrogen-bond donors (Lipinski definition) is 1. The predicted octanol–water partition coefficient (Wildman–Crippen LogP) is 3.35. The topological polar surface area (TPSA) is 65.4 Å². The molecule has 0 unspecified atom stereocenters. The van der Waals surface area contributed by atoms with Gasteiger partial charge in [0, 0.05) is 17.6 Å². The molecule has 112 valence electrons. The normalized spacial score (nSPS) is 15.1. The highest BCUT2D eigenvalue weighted by Crippen LogP contribution is 2.23. The Morgan fingerprint density at radius 2 is 2.14 bits per heavy atom. The van der Waals surface area contributed by atoms with Crippen molar-refractivity contribution in [3.8, 4) is 6.07 Å². The van der Waals surface area contributed by atoms with Gasteiger partial charge >= 0.3 is 6.09 Å². The SMILES string of the molecule is CC(C)(C)OC(=O)N1CC(Nc2ccc(Br)cc2C#N)C1. The third-order valence-electron chi connectivity index (χ3n) is 2.99. The lowest BCUT2D eigenvalue weighted by Crippen LogP contribution is -2.58. The molecule has 1 aromatic rings. The van der Waals surface area contributed by atoms with E-state index in [2.05, 4.69) is 27.3 Å². The molecule has 0 aromatic heterocycles. The Balaban J connectivity index is 1.89. The van der Waals surface area contributed by atoms with E-state index in [0.29, 0.717) is 18.7 Å². The van der Waals surface area contributed by atoms with E-state index in [1.54, 1.807) is 11.0 Å². The number of carbonyl (C=O) groups is 1. The van der Waals surface area contributed by atoms with Crippen molar-refractivity contribution in [2.75, 3.05) is 18.4 Å². The largest absolute Gasteiger partial charge is 0.444 e. The summed E-state index contributed by atoms with van der Waals surface area (Å²) in [6, 6.07) is 7.81. The number of nitrogens with one attached hydrogen (secondary N) is 1. The molecule has 1 amide bonds. The highest BCUT2D eigenvalue weighted by molar-refractivity contribution is 9.10. The minimum atomic E-state index is -0.477. The average molecular weight is 352 g/mol. The zero-order chi connectivity index (χ0) is 15.6. The molecule has 1 aromatic carbocycles. The van der Waals surface area contributed by atoms with Crippen LogP contribution in [0, 0.1) is 11.3 Å². The minimum Gasteiger partial charge on any atom is -0.444 e. The molecule has 0 aliphatic carbocycles. The van der Waals surface area contributed by atoms with Crippen molar-refractivity contribution in [2.24, 2.45) is 0 Å². The molecule has 1 aliphatic heterocycles. The number of likely N-dealkylation sites (tertiary alicyclic amines) is 1. The number of nitrogens with zero attached hydrogens (tertiary/aromatic N) is 2. The number of hydrogen-bond acceptors (Lipinski definition) is 4. The molecule has 1 heterocycles. The van der Waals surface area contributed by atoms with E-state index in [1.165, 1.54) is 0 Å². The second-order valence-corrected chi connectivity index (χ2v) is 6.94. The average Bonchev–Trinajstić information content (AvgIpc) is 2.32. The summed E-state index contributed by atoms with van der Waals surface area (Å²) in [5, 5.41) is 12.4. The Morgan fingerprint density at radius 3 is 2.71 bits per heavy atom. The molecule has 0 spiro atoms. The molecule has 1 N–H and O–H groups in total. The predicted molar refractivity (Wildman–Crippen MR) is 84.1 cm³/mol. The number of halogens is 1. The van der Waals surface area contributed by atoms with Gasteiger partial charge in [-0.05, 0) is 39.0 Å². The second kappa shape index (κ2) is 5.94. The number of amides is 1. The first-order valence-corrected chi connectivity index (χ1v) is 7.52. The number of ether oxygens (including phenoxy) is 1. The van der Waals surface area contributed by atoms with E-state index in [4.69, 9.17) is 10.00 Å². The van der Waals surface area contributed by atoms with Crippen LogP contribution in [0.2, 0.25) is 0 Å². The van der Waals surface area contributed by atoms with Gasteiger partial charge in [0.1, 0.15) is 11.7 Å². The number of benzene rings is 1. The molecule has 1 aliphatic rings. The quantitative estimate of drug-likeness (QED) is 0.887. The summed E-state index contributed by atoms with van der Waals surface area (Å²) in [5.41, 5.74) is 0.893. The summed E-state index contributed by atoms with van der Waals surface area (Å²) < 4.78 is 6.17. The lowest BCUT2D eigenvalue weighted by atomic mass is 10.1. The summed E-state index contributed by atoms with van der Waals surface area (Å²) in [5.74, 6) is 0. The van der Waals surface area contributed by atoms with Crippen LogP contribution in [-0.2, 0) is 4.74 Å². The maximum Gasteiger partial charge on any atom is 0.410 e. The minimum absolute atomic E-state index is 0.144. The monoisotopic (exact) mass is 351 g/mol. The van der Waals surface area contributed by atoms with Gasteiger partial charge in [0.2, 0.25) is 0 Å². The molecule has 0 saturated carbocycles. The van der Waals surface area contributed by atoms with E-state index < -0.39 is 5.60 Å². The van der Waals surface area contributed by atoms with E-state index in [0.717, 1.165) is 10.2 Å². The van der Waals surface area contributed by atoms with Crippen molar-refractivity contribution < 1.29 is 9.53 Å². The lowest BCUT2D eigenvalue weighted by Gasteiger charge is -2.40. The van der Waals surface area contributed by atoms with Crippen molar-refractivity contribution in [2.45, 2.75) is 32.4 Å². The Bertz CT molecular complexity index is 584. The maximum atomic E-state index is 11.8. The molecule has 5 nitrogen and oxygen atoms in total. The third kappa shape index (κ3) is 4.11. The zero-order valence-electron chi connectivity index (χ0n) is 12.3. The molecular formula is C15H18BrN3O2. The molecule has 0 atom stereocenters. The Labute approximate surface area is 133 Å². The summed E-state index contributed by atoms with van der Waals surface area (Å²) >= 11 is 3.34. The van der Waals surface area contributed by atoms with Crippen molar-refractivity contribution in [3.63, 3.8) is 0 Å². The zero-order valence-corrected chi connectivity index (χ0v) is 13.9. The van der Waals surface area contributed by atoms with Gasteiger partial charge in [-0.15, -0.1) is 0 Å². The fraction of sp³-hybridized carbons (Fsp3) is 0.467. The van der Waals surface area contributed by atoms with Crippen molar-refractivity contribution >= 4 is 27.7 Å². The Kier molecular flexibility index (Phi) is 4.43. The van der Waals surface area contributed by atoms with E-state index in [-0.39, 0.29) is 12.1 Å². The van der Waals surface area contributed by atoms with Crippen LogP contribution in [0.1, 0.15) is 26.3 Å². The maximum absolute atomic E-state index is 11.8. The Hall–Kier alpha value is -1.74. The first-order chi connectivity index (χ1) is 9.78. The second-order valence-electron chi connectivity index (χ2n) is 6.03. The molecule has 21 heavy (non-hydrogen) atoms. The van der Waals surface area contributed by atoms with Crippen LogP contribution < -0.4 is 5.32 Å². The first kappa shape index (κ1) is 15.6. The van der Waals surface area contributed by atoms with Gasteiger partial charge in [0.15, 0.2) is 0 Å². The van der Waals surface area contributed by atoms with Crippen molar-refractivity contribution in [1.82, 2.24) is 4.90 Å². The molecule has 2 rings (SSSR count). The number of anilines is 1. The van der Waals surface area contributed by atoms with Gasteiger partial charge < -0.3 is 15.0 Å². The van der Waals surface area contributed by atoms with Gasteiger partial charge in [-0.2, -0.15) is 5.26 Å². The molecular weight excluding hydrogens is 334 g/mol. The van der Waals surface area contributed by atoms with Gasteiger partial charge in [0.25, 0.3) is 0 Å². The summed E-state index contributed by atoms with van der Waals surface area (Å²) in [6.07, 6.45) is -0.295. The fourth-order valence-electron chi connectivity index (χ4n) is 2.00. The third-order valence-corrected chi connectivity index (χ3v) is 3.49. The molecule has 1 fully saturated rings. The van der Waals surface area contributed by atoms with Crippen LogP contribution in [0.5, 0.6) is 0 Å². The van der Waals surface area contributed by atoms with Crippen molar-refractivity contribution in [3.05, 3.63) is 28.2 Å². The molecule has 6 heteroatoms. The van der Waals surface area contributed by atoms with E-state index >= 15 is 0 Å².